The molecule has 2 aromatic rings. The summed E-state index contributed by atoms with van der Waals surface area (Å²) in [5.41, 5.74) is -1.78. The third-order valence-electron chi connectivity index (χ3n) is 2.67. The summed E-state index contributed by atoms with van der Waals surface area (Å²) < 4.78 is 27.2. The fraction of sp³-hybridized carbons (Fsp3) is 0.154. The molecule has 1 N–H and O–H groups in total. The van der Waals surface area contributed by atoms with E-state index in [9.17, 15) is 13.9 Å². The van der Waals surface area contributed by atoms with Gasteiger partial charge in [-0.05, 0) is 25.1 Å². The van der Waals surface area contributed by atoms with Gasteiger partial charge in [0.1, 0.15) is 17.2 Å². The first kappa shape index (κ1) is 11.7. The molecule has 1 unspecified atom stereocenters. The van der Waals surface area contributed by atoms with Gasteiger partial charge in [0.25, 0.3) is 0 Å². The second-order valence-corrected chi connectivity index (χ2v) is 3.91. The number of hydrogen-bond acceptors (Lipinski definition) is 2. The van der Waals surface area contributed by atoms with Gasteiger partial charge >= 0.3 is 0 Å². The molecular formula is C13H11F2NO. The maximum Gasteiger partial charge on any atom is 0.132 e. The van der Waals surface area contributed by atoms with Crippen molar-refractivity contribution >= 4 is 0 Å². The maximum atomic E-state index is 13.6. The number of pyridine rings is 1. The fourth-order valence-corrected chi connectivity index (χ4v) is 1.76. The van der Waals surface area contributed by atoms with Crippen molar-refractivity contribution in [3.05, 3.63) is 65.5 Å². The van der Waals surface area contributed by atoms with E-state index in [1.54, 1.807) is 12.1 Å². The summed E-state index contributed by atoms with van der Waals surface area (Å²) in [6, 6.07) is 6.65. The second kappa shape index (κ2) is 4.22. The van der Waals surface area contributed by atoms with Crippen molar-refractivity contribution in [3.63, 3.8) is 0 Å². The van der Waals surface area contributed by atoms with Gasteiger partial charge in [-0.3, -0.25) is 4.98 Å². The molecule has 0 bridgehead atoms. The lowest BCUT2D eigenvalue weighted by atomic mass is 9.88. The summed E-state index contributed by atoms with van der Waals surface area (Å²) in [7, 11) is 0. The molecule has 0 aliphatic carbocycles. The third-order valence-corrected chi connectivity index (χ3v) is 2.67. The van der Waals surface area contributed by atoms with Gasteiger partial charge in [-0.1, -0.05) is 12.1 Å². The minimum Gasteiger partial charge on any atom is -0.380 e. The first-order valence-electron chi connectivity index (χ1n) is 5.11. The van der Waals surface area contributed by atoms with Gasteiger partial charge < -0.3 is 5.11 Å². The molecule has 0 aliphatic rings. The van der Waals surface area contributed by atoms with Crippen LogP contribution in [-0.2, 0) is 5.60 Å². The Morgan fingerprint density at radius 3 is 2.29 bits per heavy atom. The summed E-state index contributed by atoms with van der Waals surface area (Å²) >= 11 is 0. The smallest absolute Gasteiger partial charge is 0.132 e. The maximum absolute atomic E-state index is 13.6. The topological polar surface area (TPSA) is 33.1 Å². The molecule has 1 atom stereocenters. The van der Waals surface area contributed by atoms with Crippen molar-refractivity contribution in [1.82, 2.24) is 4.98 Å². The van der Waals surface area contributed by atoms with Crippen LogP contribution >= 0.6 is 0 Å². The molecule has 0 aliphatic heterocycles. The van der Waals surface area contributed by atoms with Crippen LogP contribution in [0, 0.1) is 11.6 Å². The van der Waals surface area contributed by atoms with Crippen molar-refractivity contribution < 1.29 is 13.9 Å². The Morgan fingerprint density at radius 2 is 1.76 bits per heavy atom. The monoisotopic (exact) mass is 235 g/mol. The summed E-state index contributed by atoms with van der Waals surface area (Å²) in [5.74, 6) is -1.56. The number of benzene rings is 1. The fourth-order valence-electron chi connectivity index (χ4n) is 1.76. The minimum atomic E-state index is -1.75. The highest BCUT2D eigenvalue weighted by molar-refractivity contribution is 5.35. The van der Waals surface area contributed by atoms with Crippen molar-refractivity contribution in [1.29, 1.82) is 0 Å². The molecule has 1 aromatic heterocycles. The van der Waals surface area contributed by atoms with E-state index in [1.165, 1.54) is 25.4 Å². The van der Waals surface area contributed by atoms with Crippen LogP contribution in [0.25, 0.3) is 0 Å². The van der Waals surface area contributed by atoms with E-state index in [-0.39, 0.29) is 5.56 Å². The zero-order valence-electron chi connectivity index (χ0n) is 9.19. The number of halogens is 2. The van der Waals surface area contributed by atoms with Crippen LogP contribution in [0.3, 0.4) is 0 Å². The van der Waals surface area contributed by atoms with Gasteiger partial charge in [-0.15, -0.1) is 0 Å². The summed E-state index contributed by atoms with van der Waals surface area (Å²) in [6.07, 6.45) is 2.91. The second-order valence-electron chi connectivity index (χ2n) is 3.91. The Balaban J connectivity index is 2.60. The molecule has 0 spiro atoms. The largest absolute Gasteiger partial charge is 0.380 e. The lowest BCUT2D eigenvalue weighted by Crippen LogP contribution is -2.26. The van der Waals surface area contributed by atoms with Crippen LogP contribution in [0.2, 0.25) is 0 Å². The first-order chi connectivity index (χ1) is 8.03. The van der Waals surface area contributed by atoms with Crippen LogP contribution in [0.1, 0.15) is 18.1 Å². The van der Waals surface area contributed by atoms with Crippen LogP contribution in [0.15, 0.2) is 42.7 Å². The van der Waals surface area contributed by atoms with E-state index < -0.39 is 17.2 Å². The summed E-state index contributed by atoms with van der Waals surface area (Å²) in [4.78, 5) is 3.83. The zero-order valence-corrected chi connectivity index (χ0v) is 9.19. The van der Waals surface area contributed by atoms with Gasteiger partial charge in [0.2, 0.25) is 0 Å². The molecule has 1 aromatic carbocycles. The molecule has 0 saturated carbocycles. The molecular weight excluding hydrogens is 224 g/mol. The molecule has 0 amide bonds. The van der Waals surface area contributed by atoms with Crippen molar-refractivity contribution in [3.8, 4) is 0 Å². The predicted molar refractivity (Wildman–Crippen MR) is 59.3 cm³/mol. The number of aromatic nitrogens is 1. The van der Waals surface area contributed by atoms with E-state index in [2.05, 4.69) is 4.98 Å². The summed E-state index contributed by atoms with van der Waals surface area (Å²) in [5, 5.41) is 10.3. The van der Waals surface area contributed by atoms with E-state index in [0.717, 1.165) is 12.1 Å². The molecule has 0 saturated heterocycles. The predicted octanol–water partition coefficient (Wildman–Crippen LogP) is 2.62. The third kappa shape index (κ3) is 2.03. The number of aliphatic hydroxyl groups is 1. The van der Waals surface area contributed by atoms with Gasteiger partial charge in [0.05, 0.1) is 5.56 Å². The van der Waals surface area contributed by atoms with E-state index >= 15 is 0 Å². The average molecular weight is 235 g/mol. The van der Waals surface area contributed by atoms with Crippen molar-refractivity contribution in [2.45, 2.75) is 12.5 Å². The molecule has 2 rings (SSSR count). The Labute approximate surface area is 97.6 Å². The molecule has 88 valence electrons. The van der Waals surface area contributed by atoms with Crippen LogP contribution in [0.4, 0.5) is 8.78 Å². The Kier molecular flexibility index (Phi) is 2.90. The SMILES string of the molecule is CC(O)(c1cccnc1)c1c(F)cccc1F. The van der Waals surface area contributed by atoms with Crippen LogP contribution in [-0.4, -0.2) is 10.1 Å². The summed E-state index contributed by atoms with van der Waals surface area (Å²) in [6.45, 7) is 1.34. The van der Waals surface area contributed by atoms with E-state index in [1.807, 2.05) is 0 Å². The number of rotatable bonds is 2. The number of nitrogens with zero attached hydrogens (tertiary/aromatic N) is 1. The Hall–Kier alpha value is -1.81. The highest BCUT2D eigenvalue weighted by atomic mass is 19.1. The van der Waals surface area contributed by atoms with Gasteiger partial charge in [0.15, 0.2) is 0 Å². The molecule has 17 heavy (non-hydrogen) atoms. The molecule has 4 heteroatoms. The zero-order chi connectivity index (χ0) is 12.5. The quantitative estimate of drug-likeness (QED) is 0.868. The molecule has 0 radical (unpaired) electrons. The van der Waals surface area contributed by atoms with Crippen molar-refractivity contribution in [2.75, 3.05) is 0 Å². The Bertz CT molecular complexity index is 506. The lowest BCUT2D eigenvalue weighted by molar-refractivity contribution is 0.0930. The molecule has 0 fully saturated rings. The average Bonchev–Trinajstić information content (AvgIpc) is 2.29. The van der Waals surface area contributed by atoms with Gasteiger partial charge in [-0.2, -0.15) is 0 Å². The van der Waals surface area contributed by atoms with Gasteiger partial charge in [-0.25, -0.2) is 8.78 Å². The first-order valence-corrected chi connectivity index (χ1v) is 5.11. The Morgan fingerprint density at radius 1 is 1.12 bits per heavy atom. The highest BCUT2D eigenvalue weighted by Gasteiger charge is 2.32. The molecule has 2 nitrogen and oxygen atoms in total. The lowest BCUT2D eigenvalue weighted by Gasteiger charge is -2.24. The van der Waals surface area contributed by atoms with Crippen LogP contribution < -0.4 is 0 Å². The van der Waals surface area contributed by atoms with Crippen LogP contribution in [0.5, 0.6) is 0 Å². The standard InChI is InChI=1S/C13H11F2NO/c1-13(17,9-4-3-7-16-8-9)12-10(14)5-2-6-11(12)15/h2-8,17H,1H3. The minimum absolute atomic E-state index is 0.337. The normalized spacial score (nSPS) is 14.4. The van der Waals surface area contributed by atoms with E-state index in [4.69, 9.17) is 0 Å². The van der Waals surface area contributed by atoms with E-state index in [0.29, 0.717) is 5.56 Å². The van der Waals surface area contributed by atoms with Gasteiger partial charge in [0, 0.05) is 18.0 Å². The number of hydrogen-bond donors (Lipinski definition) is 1. The molecule has 1 heterocycles. The highest BCUT2D eigenvalue weighted by Crippen LogP contribution is 2.32. The van der Waals surface area contributed by atoms with Crippen molar-refractivity contribution in [2.24, 2.45) is 0 Å².